The Morgan fingerprint density at radius 2 is 1.76 bits per heavy atom. The summed E-state index contributed by atoms with van der Waals surface area (Å²) in [5.74, 6) is 0. The first-order valence-electron chi connectivity index (χ1n) is 8.74. The summed E-state index contributed by atoms with van der Waals surface area (Å²) in [5.41, 5.74) is -0.641. The molecule has 1 N–H and O–H groups in total. The Morgan fingerprint density at radius 1 is 1.24 bits per heavy atom. The molecular weight excluding hydrogens is 431 g/mol. The normalized spacial score (nSPS) is 21.2. The van der Waals surface area contributed by atoms with E-state index in [1.807, 2.05) is 33.9 Å². The second-order valence-corrected chi connectivity index (χ2v) is 14.5. The van der Waals surface area contributed by atoms with Gasteiger partial charge in [0.25, 0.3) is 0 Å². The topological polar surface area (TPSA) is 93.1 Å². The van der Waals surface area contributed by atoms with E-state index in [2.05, 4.69) is 4.18 Å². The fourth-order valence-corrected chi connectivity index (χ4v) is 5.02. The highest BCUT2D eigenvalue weighted by molar-refractivity contribution is 7.85. The maximum absolute atomic E-state index is 12.9. The summed E-state index contributed by atoms with van der Waals surface area (Å²) in [5, 5.41) is 9.08. The molecule has 2 rings (SSSR count). The van der Waals surface area contributed by atoms with Gasteiger partial charge < -0.3 is 9.53 Å². The van der Waals surface area contributed by atoms with E-state index in [9.17, 15) is 31.5 Å². The minimum absolute atomic E-state index is 0.169. The largest absolute Gasteiger partial charge is 0.464 e. The zero-order chi connectivity index (χ0) is 22.4. The summed E-state index contributed by atoms with van der Waals surface area (Å²) < 4.78 is 73.9. The highest BCUT2D eigenvalue weighted by atomic mass is 32.2. The van der Waals surface area contributed by atoms with Crippen LogP contribution in [0.5, 0.6) is 0 Å². The van der Waals surface area contributed by atoms with Crippen LogP contribution >= 0.6 is 0 Å². The summed E-state index contributed by atoms with van der Waals surface area (Å²) in [6.07, 6.45) is -7.41. The average Bonchev–Trinajstić information content (AvgIpc) is 2.86. The van der Waals surface area contributed by atoms with Gasteiger partial charge in [0.1, 0.15) is 6.04 Å². The highest BCUT2D eigenvalue weighted by Gasteiger charge is 2.50. The maximum Gasteiger partial charge on any atom is 0.423 e. The van der Waals surface area contributed by atoms with Crippen molar-refractivity contribution in [1.29, 1.82) is 0 Å². The zero-order valence-corrected chi connectivity index (χ0v) is 18.5. The molecule has 2 atom stereocenters. The van der Waals surface area contributed by atoms with E-state index >= 15 is 0 Å². The van der Waals surface area contributed by atoms with Gasteiger partial charge in [-0.3, -0.25) is 4.18 Å². The number of alkyl halides is 3. The third-order valence-electron chi connectivity index (χ3n) is 5.26. The summed E-state index contributed by atoms with van der Waals surface area (Å²) in [6, 6.07) is 2.79. The number of benzene rings is 1. The molecule has 7 nitrogen and oxygen atoms in total. The van der Waals surface area contributed by atoms with Crippen molar-refractivity contribution >= 4 is 24.7 Å². The molecule has 0 aliphatic carbocycles. The average molecular weight is 456 g/mol. The molecule has 12 heteroatoms. The third-order valence-corrected chi connectivity index (χ3v) is 11.1. The van der Waals surface area contributed by atoms with Crippen LogP contribution in [0.4, 0.5) is 18.0 Å². The summed E-state index contributed by atoms with van der Waals surface area (Å²) in [6.45, 7) is 9.05. The predicted octanol–water partition coefficient (Wildman–Crippen LogP) is 4.39. The number of rotatable bonds is 4. The Bertz CT molecular complexity index is 865. The molecular formula is C17H24F3NO6SSi. The van der Waals surface area contributed by atoms with Crippen LogP contribution in [0, 0.1) is 0 Å². The van der Waals surface area contributed by atoms with Crippen molar-refractivity contribution in [3.05, 3.63) is 35.4 Å². The van der Waals surface area contributed by atoms with Gasteiger partial charge in [-0.05, 0) is 35.8 Å². The number of hydrogen-bond donors (Lipinski definition) is 1. The van der Waals surface area contributed by atoms with E-state index in [1.165, 1.54) is 12.1 Å². The summed E-state index contributed by atoms with van der Waals surface area (Å²) in [4.78, 5) is 11.6. The molecule has 1 amide bonds. The number of carbonyl (C=O) groups is 1. The lowest BCUT2D eigenvalue weighted by Crippen LogP contribution is -2.48. The summed E-state index contributed by atoms with van der Waals surface area (Å²) in [7, 11) is -7.09. The van der Waals surface area contributed by atoms with Crippen LogP contribution in [0.1, 0.15) is 38.0 Å². The molecule has 29 heavy (non-hydrogen) atoms. The third kappa shape index (κ3) is 4.93. The molecule has 0 radical (unpaired) electrons. The van der Waals surface area contributed by atoms with Gasteiger partial charge >= 0.3 is 22.6 Å². The number of carboxylic acid groups (broad SMARTS) is 1. The fourth-order valence-electron chi connectivity index (χ4n) is 2.62. The minimum atomic E-state index is -4.54. The Labute approximate surface area is 168 Å². The van der Waals surface area contributed by atoms with Crippen molar-refractivity contribution in [2.24, 2.45) is 0 Å². The Balaban J connectivity index is 2.54. The van der Waals surface area contributed by atoms with Crippen LogP contribution in [-0.4, -0.2) is 44.9 Å². The zero-order valence-electron chi connectivity index (χ0n) is 16.6. The number of nitrogens with zero attached hydrogens (tertiary/aromatic N) is 1. The second-order valence-electron chi connectivity index (χ2n) is 8.31. The lowest BCUT2D eigenvalue weighted by Gasteiger charge is -2.41. The Kier molecular flexibility index (Phi) is 6.17. The number of amides is 1. The summed E-state index contributed by atoms with van der Waals surface area (Å²) >= 11 is 0. The first kappa shape index (κ1) is 23.6. The molecule has 1 saturated heterocycles. The second kappa shape index (κ2) is 7.56. The van der Waals surface area contributed by atoms with Crippen LogP contribution in [0.2, 0.25) is 18.1 Å². The lowest BCUT2D eigenvalue weighted by molar-refractivity contribution is -0.137. The van der Waals surface area contributed by atoms with Gasteiger partial charge in [-0.1, -0.05) is 32.9 Å². The van der Waals surface area contributed by atoms with E-state index in [0.717, 1.165) is 12.1 Å². The van der Waals surface area contributed by atoms with E-state index in [-0.39, 0.29) is 14.9 Å². The molecule has 0 saturated carbocycles. The molecule has 1 aromatic rings. The van der Waals surface area contributed by atoms with Gasteiger partial charge in [-0.25, -0.2) is 4.79 Å². The molecule has 1 aliphatic rings. The van der Waals surface area contributed by atoms with Crippen molar-refractivity contribution in [3.8, 4) is 0 Å². The molecule has 164 valence electrons. The van der Waals surface area contributed by atoms with Crippen molar-refractivity contribution in [1.82, 2.24) is 4.31 Å². The monoisotopic (exact) mass is 455 g/mol. The number of hydrogen-bond acceptors (Lipinski definition) is 5. The first-order valence-corrected chi connectivity index (χ1v) is 13.0. The van der Waals surface area contributed by atoms with Crippen molar-refractivity contribution in [3.63, 3.8) is 0 Å². The van der Waals surface area contributed by atoms with Gasteiger partial charge in [0.05, 0.1) is 18.3 Å². The van der Waals surface area contributed by atoms with Gasteiger partial charge in [0, 0.05) is 0 Å². The van der Waals surface area contributed by atoms with Gasteiger partial charge in [0.15, 0.2) is 8.32 Å². The van der Waals surface area contributed by atoms with Gasteiger partial charge in [0.2, 0.25) is 0 Å². The van der Waals surface area contributed by atoms with Crippen LogP contribution in [0.3, 0.4) is 0 Å². The molecule has 0 spiro atoms. The van der Waals surface area contributed by atoms with E-state index in [4.69, 9.17) is 4.43 Å². The Hall–Kier alpha value is -1.63. The van der Waals surface area contributed by atoms with Crippen LogP contribution < -0.4 is 0 Å². The maximum atomic E-state index is 12.9. The lowest BCUT2D eigenvalue weighted by atomic mass is 10.0. The fraction of sp³-hybridized carbons (Fsp3) is 0.588. The van der Waals surface area contributed by atoms with Gasteiger partial charge in [-0.2, -0.15) is 25.9 Å². The molecule has 0 aromatic heterocycles. The van der Waals surface area contributed by atoms with E-state index in [0.29, 0.717) is 0 Å². The standard InChI is InChI=1S/C17H24F3NO6SSi/c1-16(2,3)29(4,5)27-14(11-6-8-12(9-7-11)17(18,19)20)13-10-26-28(24,25)21(13)15(22)23/h6-9,13-14H,10H2,1-5H3,(H,22,23)/t13-,14?/m1/s1. The quantitative estimate of drug-likeness (QED) is 0.677. The highest BCUT2D eigenvalue weighted by Crippen LogP contribution is 2.43. The Morgan fingerprint density at radius 3 is 2.17 bits per heavy atom. The molecule has 1 aliphatic heterocycles. The molecule has 1 aromatic carbocycles. The first-order chi connectivity index (χ1) is 13.0. The van der Waals surface area contributed by atoms with Crippen LogP contribution in [0.25, 0.3) is 0 Å². The van der Waals surface area contributed by atoms with Crippen molar-refractivity contribution in [2.75, 3.05) is 6.61 Å². The molecule has 0 bridgehead atoms. The van der Waals surface area contributed by atoms with Crippen molar-refractivity contribution < 1.29 is 40.1 Å². The minimum Gasteiger partial charge on any atom is -0.464 e. The molecule has 1 fully saturated rings. The van der Waals surface area contributed by atoms with Crippen LogP contribution in [-0.2, 0) is 25.1 Å². The predicted molar refractivity (Wildman–Crippen MR) is 101 cm³/mol. The smallest absolute Gasteiger partial charge is 0.423 e. The SMILES string of the molecule is CC(C)(C)[Si](C)(C)OC(c1ccc(C(F)(F)F)cc1)[C@H]1COS(=O)(=O)N1C(=O)O. The van der Waals surface area contributed by atoms with E-state index < -0.39 is 55.2 Å². The van der Waals surface area contributed by atoms with Gasteiger partial charge in [-0.15, -0.1) is 0 Å². The molecule has 1 unspecified atom stereocenters. The molecule has 1 heterocycles. The van der Waals surface area contributed by atoms with E-state index in [1.54, 1.807) is 0 Å². The van der Waals surface area contributed by atoms with Crippen molar-refractivity contribution in [2.45, 2.75) is 57.2 Å². The number of halogens is 3. The van der Waals surface area contributed by atoms with Crippen LogP contribution in [0.15, 0.2) is 24.3 Å².